The Hall–Kier alpha value is -2.80. The van der Waals surface area contributed by atoms with E-state index < -0.39 is 40.2 Å². The zero-order valence-corrected chi connectivity index (χ0v) is 16.2. The van der Waals surface area contributed by atoms with Gasteiger partial charge in [-0.2, -0.15) is 0 Å². The third kappa shape index (κ3) is 3.89. The first-order valence-corrected chi connectivity index (χ1v) is 10.1. The summed E-state index contributed by atoms with van der Waals surface area (Å²) in [5.74, 6) is -1.06. The fourth-order valence-electron chi connectivity index (χ4n) is 2.97. The monoisotopic (exact) mass is 413 g/mol. The van der Waals surface area contributed by atoms with Crippen LogP contribution in [-0.2, 0) is 33.6 Å². The number of anilines is 1. The number of nitrogens with zero attached hydrogens (tertiary/aromatic N) is 4. The molecule has 0 bridgehead atoms. The van der Waals surface area contributed by atoms with E-state index in [1.807, 2.05) is 0 Å². The van der Waals surface area contributed by atoms with Crippen molar-refractivity contribution in [2.45, 2.75) is 43.9 Å². The van der Waals surface area contributed by atoms with Crippen molar-refractivity contribution in [3.8, 4) is 0 Å². The molecule has 2 aromatic rings. The number of rotatable bonds is 5. The summed E-state index contributed by atoms with van der Waals surface area (Å²) in [6, 6.07) is 0. The molecular weight excluding hydrogens is 394 g/mol. The van der Waals surface area contributed by atoms with Gasteiger partial charge in [0, 0.05) is 26.5 Å². The van der Waals surface area contributed by atoms with Gasteiger partial charge >= 0.3 is 11.9 Å². The number of carbonyl (C=O) groups excluding carboxylic acids is 2. The highest BCUT2D eigenvalue weighted by Gasteiger charge is 2.42. The van der Waals surface area contributed by atoms with E-state index in [-0.39, 0.29) is 35.2 Å². The molecule has 13 heteroatoms. The van der Waals surface area contributed by atoms with Crippen LogP contribution in [0.25, 0.3) is 11.2 Å². The highest BCUT2D eigenvalue weighted by molar-refractivity contribution is 7.90. The van der Waals surface area contributed by atoms with Crippen LogP contribution in [0.5, 0.6) is 0 Å². The Morgan fingerprint density at radius 3 is 2.64 bits per heavy atom. The molecule has 0 amide bonds. The number of nitrogens with two attached hydrogens (primary N) is 1. The molecule has 152 valence electrons. The lowest BCUT2D eigenvalue weighted by Gasteiger charge is -2.18. The second-order valence-electron chi connectivity index (χ2n) is 6.28. The topological polar surface area (TPSA) is 166 Å². The van der Waals surface area contributed by atoms with Gasteiger partial charge in [-0.05, 0) is 0 Å². The molecule has 12 nitrogen and oxygen atoms in total. The summed E-state index contributed by atoms with van der Waals surface area (Å²) in [7, 11) is -3.78. The summed E-state index contributed by atoms with van der Waals surface area (Å²) < 4.78 is 41.9. The maximum Gasteiger partial charge on any atom is 0.303 e. The lowest BCUT2D eigenvalue weighted by Crippen LogP contribution is -2.31. The van der Waals surface area contributed by atoms with E-state index in [1.165, 1.54) is 24.7 Å². The number of sulfone groups is 1. The molecule has 1 aliphatic rings. The Bertz CT molecular complexity index is 1030. The average Bonchev–Trinajstić information content (AvgIpc) is 3.14. The van der Waals surface area contributed by atoms with Crippen LogP contribution in [0, 0.1) is 0 Å². The van der Waals surface area contributed by atoms with Crippen LogP contribution in [0.15, 0.2) is 11.5 Å². The first-order chi connectivity index (χ1) is 13.1. The number of imidazole rings is 1. The van der Waals surface area contributed by atoms with Crippen molar-refractivity contribution < 1.29 is 32.2 Å². The quantitative estimate of drug-likeness (QED) is 0.633. The minimum Gasteiger partial charge on any atom is -0.463 e. The first-order valence-electron chi connectivity index (χ1n) is 8.22. The summed E-state index contributed by atoms with van der Waals surface area (Å²) in [5.41, 5.74) is 6.06. The van der Waals surface area contributed by atoms with Gasteiger partial charge in [0.25, 0.3) is 0 Å². The highest BCUT2D eigenvalue weighted by atomic mass is 32.2. The van der Waals surface area contributed by atoms with Crippen molar-refractivity contribution in [1.82, 2.24) is 19.5 Å². The van der Waals surface area contributed by atoms with Crippen molar-refractivity contribution in [2.75, 3.05) is 18.6 Å². The van der Waals surface area contributed by atoms with Gasteiger partial charge in [0.05, 0.1) is 0 Å². The molecule has 0 radical (unpaired) electrons. The van der Waals surface area contributed by atoms with Crippen LogP contribution in [0.2, 0.25) is 0 Å². The van der Waals surface area contributed by atoms with Crippen LogP contribution in [0.3, 0.4) is 0 Å². The zero-order valence-electron chi connectivity index (χ0n) is 15.4. The zero-order chi connectivity index (χ0) is 20.6. The third-order valence-electron chi connectivity index (χ3n) is 4.04. The van der Waals surface area contributed by atoms with E-state index in [4.69, 9.17) is 19.9 Å². The van der Waals surface area contributed by atoms with E-state index >= 15 is 0 Å². The van der Waals surface area contributed by atoms with Gasteiger partial charge in [-0.15, -0.1) is 0 Å². The number of hydrogen-bond donors (Lipinski definition) is 1. The minimum absolute atomic E-state index is 0.0136. The Morgan fingerprint density at radius 2 is 2.04 bits per heavy atom. The molecule has 2 aromatic heterocycles. The molecule has 0 spiro atoms. The van der Waals surface area contributed by atoms with Crippen LogP contribution < -0.4 is 5.73 Å². The fraction of sp³-hybridized carbons (Fsp3) is 0.533. The molecule has 1 fully saturated rings. The lowest BCUT2D eigenvalue weighted by atomic mass is 10.2. The number of carbonyl (C=O) groups is 2. The molecule has 1 saturated heterocycles. The smallest absolute Gasteiger partial charge is 0.303 e. The van der Waals surface area contributed by atoms with Crippen LogP contribution in [0.1, 0.15) is 26.5 Å². The van der Waals surface area contributed by atoms with Crippen molar-refractivity contribution in [2.24, 2.45) is 0 Å². The Kier molecular flexibility index (Phi) is 5.21. The second-order valence-corrected chi connectivity index (χ2v) is 8.19. The van der Waals surface area contributed by atoms with Gasteiger partial charge in [0.2, 0.25) is 15.0 Å². The molecule has 28 heavy (non-hydrogen) atoms. The number of hydrogen-bond acceptors (Lipinski definition) is 11. The van der Waals surface area contributed by atoms with Gasteiger partial charge in [-0.3, -0.25) is 14.2 Å². The van der Waals surface area contributed by atoms with Crippen LogP contribution in [0.4, 0.5) is 5.82 Å². The number of aromatic nitrogens is 4. The predicted molar refractivity (Wildman–Crippen MR) is 93.6 cm³/mol. The van der Waals surface area contributed by atoms with Crippen LogP contribution in [-0.4, -0.2) is 64.9 Å². The standard InChI is InChI=1S/C15H19N5O7S/c1-7(21)25-5-10-9(26-8(2)22)4-11(27-10)20-14-12(13(16)17-6-18-14)19-15(20)28(3,23)24/h6,9-11H,4-5H2,1-3H3,(H2,16,17,18)/t9-,10+,11+/m0/s1. The Labute approximate surface area is 159 Å². The molecule has 0 aliphatic carbocycles. The largest absolute Gasteiger partial charge is 0.463 e. The second kappa shape index (κ2) is 7.31. The molecule has 0 aromatic carbocycles. The number of ether oxygens (including phenoxy) is 3. The van der Waals surface area contributed by atoms with E-state index in [2.05, 4.69) is 15.0 Å². The van der Waals surface area contributed by atoms with Gasteiger partial charge in [-0.25, -0.2) is 23.4 Å². The predicted octanol–water partition coefficient (Wildman–Crippen LogP) is -0.406. The molecule has 3 atom stereocenters. The SMILES string of the molecule is CC(=O)OC[C@H]1O[C@@H](n2c(S(C)(=O)=O)nc3c(N)ncnc32)C[C@@H]1OC(C)=O. The highest BCUT2D eigenvalue weighted by Crippen LogP contribution is 2.35. The molecule has 1 aliphatic heterocycles. The summed E-state index contributed by atoms with van der Waals surface area (Å²) >= 11 is 0. The van der Waals surface area contributed by atoms with Crippen LogP contribution >= 0.6 is 0 Å². The average molecular weight is 413 g/mol. The van der Waals surface area contributed by atoms with E-state index in [0.717, 1.165) is 6.26 Å². The molecule has 2 N–H and O–H groups in total. The van der Waals surface area contributed by atoms with Crippen molar-refractivity contribution in [1.29, 1.82) is 0 Å². The molecular formula is C15H19N5O7S. The lowest BCUT2D eigenvalue weighted by molar-refractivity contribution is -0.155. The Morgan fingerprint density at radius 1 is 1.32 bits per heavy atom. The normalized spacial score (nSPS) is 22.3. The summed E-state index contributed by atoms with van der Waals surface area (Å²) in [6.07, 6.45) is -0.176. The molecule has 0 unspecified atom stereocenters. The number of nitrogen functional groups attached to an aromatic ring is 1. The van der Waals surface area contributed by atoms with Crippen molar-refractivity contribution in [3.05, 3.63) is 6.33 Å². The van der Waals surface area contributed by atoms with Gasteiger partial charge < -0.3 is 19.9 Å². The van der Waals surface area contributed by atoms with Gasteiger partial charge in [-0.1, -0.05) is 0 Å². The van der Waals surface area contributed by atoms with E-state index in [1.54, 1.807) is 0 Å². The Balaban J connectivity index is 2.05. The maximum atomic E-state index is 12.3. The number of fused-ring (bicyclic) bond motifs is 1. The fourth-order valence-corrected chi connectivity index (χ4v) is 3.79. The molecule has 0 saturated carbocycles. The minimum atomic E-state index is -3.78. The number of esters is 2. The molecule has 3 rings (SSSR count). The van der Waals surface area contributed by atoms with E-state index in [0.29, 0.717) is 0 Å². The van der Waals surface area contributed by atoms with Crippen molar-refractivity contribution in [3.63, 3.8) is 0 Å². The van der Waals surface area contributed by atoms with Gasteiger partial charge in [0.15, 0.2) is 17.0 Å². The summed E-state index contributed by atoms with van der Waals surface area (Å²) in [4.78, 5) is 34.5. The maximum absolute atomic E-state index is 12.3. The van der Waals surface area contributed by atoms with Gasteiger partial charge in [0.1, 0.15) is 31.4 Å². The third-order valence-corrected chi connectivity index (χ3v) is 4.99. The van der Waals surface area contributed by atoms with E-state index in [9.17, 15) is 18.0 Å². The summed E-state index contributed by atoms with van der Waals surface area (Å²) in [5, 5.41) is -0.311. The summed E-state index contributed by atoms with van der Waals surface area (Å²) in [6.45, 7) is 2.30. The molecule has 3 heterocycles. The van der Waals surface area contributed by atoms with Crippen molar-refractivity contribution >= 4 is 38.8 Å². The first kappa shape index (κ1) is 19.9.